The molecule has 4 rings (SSSR count). The Morgan fingerprint density at radius 1 is 1.06 bits per heavy atom. The number of carbonyl (C=O) groups excluding carboxylic acids is 2. The van der Waals surface area contributed by atoms with E-state index >= 15 is 0 Å². The standard InChI is InChI=1S/C26H21ClN2O4S2/c1-2-32-21-11-9-20(10-12-21)29-25(31)23(35-26(29)34)14-17-5-3-8-22(13-17)33-16-24(30)28-19-7-4-6-18(27)15-19/h3-15H,2,16H2,1H3,(H,28,30)/b23-14-. The van der Waals surface area contributed by atoms with Crippen molar-refractivity contribution in [3.63, 3.8) is 0 Å². The molecule has 0 spiro atoms. The van der Waals surface area contributed by atoms with E-state index in [1.807, 2.05) is 37.3 Å². The zero-order valence-corrected chi connectivity index (χ0v) is 21.1. The van der Waals surface area contributed by atoms with Gasteiger partial charge in [-0.25, -0.2) is 0 Å². The van der Waals surface area contributed by atoms with E-state index in [1.54, 1.807) is 48.5 Å². The zero-order valence-electron chi connectivity index (χ0n) is 18.7. The van der Waals surface area contributed by atoms with Gasteiger partial charge in [-0.15, -0.1) is 0 Å². The molecule has 178 valence electrons. The van der Waals surface area contributed by atoms with E-state index in [9.17, 15) is 9.59 Å². The molecule has 9 heteroatoms. The van der Waals surface area contributed by atoms with Gasteiger partial charge in [0.2, 0.25) is 0 Å². The van der Waals surface area contributed by atoms with Gasteiger partial charge in [0.15, 0.2) is 10.9 Å². The first-order chi connectivity index (χ1) is 16.9. The van der Waals surface area contributed by atoms with Crippen molar-refractivity contribution in [2.75, 3.05) is 23.4 Å². The third-order valence-electron chi connectivity index (χ3n) is 4.83. The van der Waals surface area contributed by atoms with Crippen molar-refractivity contribution in [1.29, 1.82) is 0 Å². The monoisotopic (exact) mass is 524 g/mol. The molecule has 0 bridgehead atoms. The van der Waals surface area contributed by atoms with Crippen molar-refractivity contribution in [2.45, 2.75) is 6.92 Å². The van der Waals surface area contributed by atoms with Crippen molar-refractivity contribution in [1.82, 2.24) is 0 Å². The minimum atomic E-state index is -0.311. The number of halogens is 1. The van der Waals surface area contributed by atoms with Gasteiger partial charge in [0.25, 0.3) is 11.8 Å². The molecule has 1 aliphatic heterocycles. The minimum Gasteiger partial charge on any atom is -0.494 e. The molecule has 1 aliphatic rings. The number of hydrogen-bond donors (Lipinski definition) is 1. The molecule has 3 aromatic rings. The van der Waals surface area contributed by atoms with Crippen molar-refractivity contribution < 1.29 is 19.1 Å². The maximum atomic E-state index is 13.1. The van der Waals surface area contributed by atoms with Crippen LogP contribution in [0.1, 0.15) is 12.5 Å². The van der Waals surface area contributed by atoms with Crippen LogP contribution in [0.15, 0.2) is 77.7 Å². The molecule has 0 unspecified atom stereocenters. The predicted octanol–water partition coefficient (Wildman–Crippen LogP) is 6.16. The molecule has 1 saturated heterocycles. The number of benzene rings is 3. The van der Waals surface area contributed by atoms with E-state index in [0.717, 1.165) is 11.3 Å². The summed E-state index contributed by atoms with van der Waals surface area (Å²) in [5.41, 5.74) is 2.03. The summed E-state index contributed by atoms with van der Waals surface area (Å²) >= 11 is 12.6. The molecule has 0 saturated carbocycles. The summed E-state index contributed by atoms with van der Waals surface area (Å²) < 4.78 is 11.5. The lowest BCUT2D eigenvalue weighted by Crippen LogP contribution is -2.27. The fourth-order valence-corrected chi connectivity index (χ4v) is 4.80. The van der Waals surface area contributed by atoms with E-state index in [0.29, 0.717) is 38.0 Å². The molecule has 35 heavy (non-hydrogen) atoms. The normalized spacial score (nSPS) is 14.3. The first kappa shape index (κ1) is 24.8. The van der Waals surface area contributed by atoms with Crippen LogP contribution in [0.5, 0.6) is 11.5 Å². The topological polar surface area (TPSA) is 67.9 Å². The Labute approximate surface area is 217 Å². The largest absolute Gasteiger partial charge is 0.494 e. The third kappa shape index (κ3) is 6.42. The van der Waals surface area contributed by atoms with Gasteiger partial charge in [0, 0.05) is 10.7 Å². The maximum Gasteiger partial charge on any atom is 0.270 e. The molecular weight excluding hydrogens is 504 g/mol. The molecule has 1 N–H and O–H groups in total. The Balaban J connectivity index is 1.41. The van der Waals surface area contributed by atoms with Crippen molar-refractivity contribution >= 4 is 69.2 Å². The van der Waals surface area contributed by atoms with Gasteiger partial charge in [-0.1, -0.05) is 53.8 Å². The lowest BCUT2D eigenvalue weighted by molar-refractivity contribution is -0.118. The second-order valence-corrected chi connectivity index (χ2v) is 9.48. The number of thiocarbonyl (C=S) groups is 1. The maximum absolute atomic E-state index is 13.1. The van der Waals surface area contributed by atoms with Crippen LogP contribution in [0.4, 0.5) is 11.4 Å². The van der Waals surface area contributed by atoms with Crippen LogP contribution < -0.4 is 19.7 Å². The highest BCUT2D eigenvalue weighted by molar-refractivity contribution is 8.27. The molecule has 1 heterocycles. The lowest BCUT2D eigenvalue weighted by Gasteiger charge is -2.15. The van der Waals surface area contributed by atoms with Crippen molar-refractivity contribution in [3.8, 4) is 11.5 Å². The smallest absolute Gasteiger partial charge is 0.270 e. The fourth-order valence-electron chi connectivity index (χ4n) is 3.31. The van der Waals surface area contributed by atoms with Crippen molar-refractivity contribution in [2.24, 2.45) is 0 Å². The van der Waals surface area contributed by atoms with E-state index in [-0.39, 0.29) is 18.4 Å². The van der Waals surface area contributed by atoms with E-state index in [2.05, 4.69) is 5.32 Å². The Hall–Kier alpha value is -3.33. The number of thioether (sulfide) groups is 1. The quantitative estimate of drug-likeness (QED) is 0.281. The van der Waals surface area contributed by atoms with Crippen LogP contribution in [-0.2, 0) is 9.59 Å². The summed E-state index contributed by atoms with van der Waals surface area (Å²) in [6, 6.07) is 21.3. The average molecular weight is 525 g/mol. The van der Waals surface area contributed by atoms with E-state index < -0.39 is 0 Å². The summed E-state index contributed by atoms with van der Waals surface area (Å²) in [6.07, 6.45) is 1.76. The zero-order chi connectivity index (χ0) is 24.8. The Morgan fingerprint density at radius 3 is 2.57 bits per heavy atom. The summed E-state index contributed by atoms with van der Waals surface area (Å²) in [5, 5.41) is 3.26. The molecular formula is C26H21ClN2O4S2. The SMILES string of the molecule is CCOc1ccc(N2C(=O)/C(=C/c3cccc(OCC(=O)Nc4cccc(Cl)c4)c3)SC2=S)cc1. The minimum absolute atomic E-state index is 0.171. The van der Waals surface area contributed by atoms with Crippen LogP contribution in [0, 0.1) is 0 Å². The van der Waals surface area contributed by atoms with Gasteiger partial charge in [-0.05, 0) is 73.2 Å². The van der Waals surface area contributed by atoms with Gasteiger partial charge < -0.3 is 14.8 Å². The summed E-state index contributed by atoms with van der Waals surface area (Å²) in [6.45, 7) is 2.31. The Kier molecular flexibility index (Phi) is 8.07. The van der Waals surface area contributed by atoms with Crippen LogP contribution in [0.25, 0.3) is 6.08 Å². The molecule has 6 nitrogen and oxygen atoms in total. The molecule has 1 fully saturated rings. The van der Waals surface area contributed by atoms with Gasteiger partial charge in [0.05, 0.1) is 17.2 Å². The van der Waals surface area contributed by atoms with Gasteiger partial charge in [0.1, 0.15) is 11.5 Å². The fraction of sp³-hybridized carbons (Fsp3) is 0.115. The number of amides is 2. The lowest BCUT2D eigenvalue weighted by atomic mass is 10.2. The third-order valence-corrected chi connectivity index (χ3v) is 6.37. The van der Waals surface area contributed by atoms with Crippen LogP contribution in [0.3, 0.4) is 0 Å². The molecule has 0 aromatic heterocycles. The van der Waals surface area contributed by atoms with E-state index in [4.69, 9.17) is 33.3 Å². The molecule has 0 atom stereocenters. The van der Waals surface area contributed by atoms with Crippen LogP contribution in [-0.4, -0.2) is 29.3 Å². The first-order valence-electron chi connectivity index (χ1n) is 10.7. The molecule has 0 aliphatic carbocycles. The van der Waals surface area contributed by atoms with Crippen molar-refractivity contribution in [3.05, 3.63) is 88.3 Å². The summed E-state index contributed by atoms with van der Waals surface area (Å²) in [7, 11) is 0. The number of hydrogen-bond acceptors (Lipinski definition) is 6. The molecule has 2 amide bonds. The number of anilines is 2. The average Bonchev–Trinajstić information content (AvgIpc) is 3.11. The van der Waals surface area contributed by atoms with Gasteiger partial charge in [-0.3, -0.25) is 14.5 Å². The Bertz CT molecular complexity index is 1290. The number of rotatable bonds is 8. The highest BCUT2D eigenvalue weighted by Crippen LogP contribution is 2.36. The van der Waals surface area contributed by atoms with Crippen LogP contribution >= 0.6 is 35.6 Å². The second-order valence-electron chi connectivity index (χ2n) is 7.36. The number of nitrogens with one attached hydrogen (secondary N) is 1. The highest BCUT2D eigenvalue weighted by Gasteiger charge is 2.33. The van der Waals surface area contributed by atoms with Gasteiger partial charge in [-0.2, -0.15) is 0 Å². The van der Waals surface area contributed by atoms with Gasteiger partial charge >= 0.3 is 0 Å². The summed E-state index contributed by atoms with van der Waals surface area (Å²) in [5.74, 6) is 0.725. The summed E-state index contributed by atoms with van der Waals surface area (Å²) in [4.78, 5) is 27.3. The first-order valence-corrected chi connectivity index (χ1v) is 12.3. The highest BCUT2D eigenvalue weighted by atomic mass is 35.5. The number of nitrogens with zero attached hydrogens (tertiary/aromatic N) is 1. The molecule has 3 aromatic carbocycles. The number of ether oxygens (including phenoxy) is 2. The number of carbonyl (C=O) groups is 2. The Morgan fingerprint density at radius 2 is 1.83 bits per heavy atom. The van der Waals surface area contributed by atoms with E-state index in [1.165, 1.54) is 16.7 Å². The second kappa shape index (κ2) is 11.4. The molecule has 0 radical (unpaired) electrons. The van der Waals surface area contributed by atoms with Crippen LogP contribution in [0.2, 0.25) is 5.02 Å². The predicted molar refractivity (Wildman–Crippen MR) is 145 cm³/mol.